The number of halogens is 1. The van der Waals surface area contributed by atoms with Gasteiger partial charge < -0.3 is 5.11 Å². The fourth-order valence-corrected chi connectivity index (χ4v) is 1.19. The number of nitrogens with zero attached hydrogens (tertiary/aromatic N) is 2. The van der Waals surface area contributed by atoms with E-state index < -0.39 is 5.97 Å². The number of aromatic nitrogens is 2. The van der Waals surface area contributed by atoms with Crippen LogP contribution in [0.3, 0.4) is 0 Å². The molecule has 0 bridgehead atoms. The number of aryl methyl sites for hydroxylation is 1. The average Bonchev–Trinajstić information content (AvgIpc) is 2.03. The van der Waals surface area contributed by atoms with Crippen LogP contribution in [0.5, 0.6) is 0 Å². The van der Waals surface area contributed by atoms with E-state index in [1.54, 1.807) is 0 Å². The van der Waals surface area contributed by atoms with Gasteiger partial charge >= 0.3 is 5.97 Å². The quantitative estimate of drug-likeness (QED) is 0.783. The Morgan fingerprint density at radius 1 is 1.75 bits per heavy atom. The predicted octanol–water partition coefficient (Wildman–Crippen LogP) is 1.50. The van der Waals surface area contributed by atoms with Gasteiger partial charge in [-0.15, -0.1) is 0 Å². The molecule has 0 saturated heterocycles. The van der Waals surface area contributed by atoms with Gasteiger partial charge in [-0.1, -0.05) is 6.92 Å². The van der Waals surface area contributed by atoms with Gasteiger partial charge in [0, 0.05) is 12.6 Å². The first-order valence-corrected chi connectivity index (χ1v) is 4.19. The Balaban J connectivity index is 3.12. The first-order valence-electron chi connectivity index (χ1n) is 3.40. The number of hydrogen-bond donors (Lipinski definition) is 1. The molecule has 1 N–H and O–H groups in total. The number of rotatable bonds is 2. The van der Waals surface area contributed by atoms with Gasteiger partial charge in [0.15, 0.2) is 0 Å². The van der Waals surface area contributed by atoms with Crippen molar-refractivity contribution < 1.29 is 9.90 Å². The molecule has 1 rings (SSSR count). The summed E-state index contributed by atoms with van der Waals surface area (Å²) in [4.78, 5) is 18.3. The molecular weight excluding hydrogens is 224 g/mol. The molecule has 1 aromatic rings. The van der Waals surface area contributed by atoms with Crippen molar-refractivity contribution in [3.05, 3.63) is 22.2 Å². The highest BCUT2D eigenvalue weighted by atomic mass is 79.9. The highest BCUT2D eigenvalue weighted by molar-refractivity contribution is 9.10. The van der Waals surface area contributed by atoms with E-state index in [9.17, 15) is 4.79 Å². The Hall–Kier alpha value is -0.970. The lowest BCUT2D eigenvalue weighted by molar-refractivity contribution is 0.0695. The molecule has 0 unspecified atom stereocenters. The zero-order chi connectivity index (χ0) is 9.14. The fraction of sp³-hybridized carbons (Fsp3) is 0.286. The maximum Gasteiger partial charge on any atom is 0.340 e. The van der Waals surface area contributed by atoms with Crippen LogP contribution in [0.1, 0.15) is 23.1 Å². The standard InChI is InChI=1S/C7H7BrN2O2/c1-2-5-9-3-4(7(11)12)6(8)10-5/h3H,2H2,1H3,(H,11,12). The SMILES string of the molecule is CCc1ncc(C(=O)O)c(Br)n1. The van der Waals surface area contributed by atoms with Crippen molar-refractivity contribution in [2.24, 2.45) is 0 Å². The third kappa shape index (κ3) is 1.79. The van der Waals surface area contributed by atoms with Crippen molar-refractivity contribution >= 4 is 21.9 Å². The summed E-state index contributed by atoms with van der Waals surface area (Å²) >= 11 is 3.06. The van der Waals surface area contributed by atoms with Crippen LogP contribution in [-0.4, -0.2) is 21.0 Å². The zero-order valence-corrected chi connectivity index (χ0v) is 8.00. The van der Waals surface area contributed by atoms with Crippen molar-refractivity contribution in [3.8, 4) is 0 Å². The number of carboxylic acids is 1. The maximum atomic E-state index is 10.5. The van der Waals surface area contributed by atoms with E-state index in [0.717, 1.165) is 0 Å². The third-order valence-corrected chi connectivity index (χ3v) is 1.94. The van der Waals surface area contributed by atoms with Gasteiger partial charge in [-0.3, -0.25) is 0 Å². The molecule has 0 aromatic carbocycles. The lowest BCUT2D eigenvalue weighted by atomic mass is 10.3. The molecule has 0 saturated carbocycles. The molecule has 1 heterocycles. The molecule has 12 heavy (non-hydrogen) atoms. The van der Waals surface area contributed by atoms with E-state index in [0.29, 0.717) is 16.8 Å². The van der Waals surface area contributed by atoms with Crippen LogP contribution in [0.25, 0.3) is 0 Å². The Bertz CT molecular complexity index is 314. The lowest BCUT2D eigenvalue weighted by Crippen LogP contribution is -2.03. The van der Waals surface area contributed by atoms with Crippen LogP contribution in [-0.2, 0) is 6.42 Å². The molecule has 0 fully saturated rings. The van der Waals surface area contributed by atoms with Crippen molar-refractivity contribution in [2.75, 3.05) is 0 Å². The van der Waals surface area contributed by atoms with E-state index in [1.165, 1.54) is 6.20 Å². The molecule has 0 aliphatic carbocycles. The Morgan fingerprint density at radius 3 is 2.83 bits per heavy atom. The second kappa shape index (κ2) is 3.62. The zero-order valence-electron chi connectivity index (χ0n) is 6.41. The highest BCUT2D eigenvalue weighted by Crippen LogP contribution is 2.12. The summed E-state index contributed by atoms with van der Waals surface area (Å²) in [7, 11) is 0. The monoisotopic (exact) mass is 230 g/mol. The molecule has 0 spiro atoms. The van der Waals surface area contributed by atoms with Crippen LogP contribution in [0.15, 0.2) is 10.8 Å². The minimum atomic E-state index is -1.02. The summed E-state index contributed by atoms with van der Waals surface area (Å²) in [5.41, 5.74) is 0.0900. The second-order valence-corrected chi connectivity index (χ2v) is 2.90. The van der Waals surface area contributed by atoms with E-state index >= 15 is 0 Å². The van der Waals surface area contributed by atoms with Crippen molar-refractivity contribution in [2.45, 2.75) is 13.3 Å². The normalized spacial score (nSPS) is 9.83. The van der Waals surface area contributed by atoms with Gasteiger partial charge in [-0.25, -0.2) is 14.8 Å². The lowest BCUT2D eigenvalue weighted by Gasteiger charge is -1.98. The molecule has 0 amide bonds. The molecule has 1 aromatic heterocycles. The first-order chi connectivity index (χ1) is 5.65. The summed E-state index contributed by atoms with van der Waals surface area (Å²) in [6.07, 6.45) is 2.00. The molecule has 0 atom stereocenters. The Labute approximate surface area is 77.8 Å². The van der Waals surface area contributed by atoms with Crippen LogP contribution < -0.4 is 0 Å². The maximum absolute atomic E-state index is 10.5. The van der Waals surface area contributed by atoms with Crippen molar-refractivity contribution in [1.29, 1.82) is 0 Å². The number of hydrogen-bond acceptors (Lipinski definition) is 3. The van der Waals surface area contributed by atoms with Gasteiger partial charge in [0.1, 0.15) is 16.0 Å². The van der Waals surface area contributed by atoms with Crippen LogP contribution in [0.4, 0.5) is 0 Å². The van der Waals surface area contributed by atoms with Gasteiger partial charge in [0.05, 0.1) is 0 Å². The largest absolute Gasteiger partial charge is 0.478 e. The summed E-state index contributed by atoms with van der Waals surface area (Å²) in [5, 5.41) is 8.62. The first kappa shape index (κ1) is 9.12. The molecule has 5 heteroatoms. The Morgan fingerprint density at radius 2 is 2.42 bits per heavy atom. The van der Waals surface area contributed by atoms with Crippen molar-refractivity contribution in [1.82, 2.24) is 9.97 Å². The average molecular weight is 231 g/mol. The summed E-state index contributed by atoms with van der Waals surface area (Å²) in [6.45, 7) is 1.90. The minimum absolute atomic E-state index is 0.0900. The van der Waals surface area contributed by atoms with Gasteiger partial charge in [-0.2, -0.15) is 0 Å². The van der Waals surface area contributed by atoms with E-state index in [4.69, 9.17) is 5.11 Å². The molecular formula is C7H7BrN2O2. The van der Waals surface area contributed by atoms with Crippen LogP contribution >= 0.6 is 15.9 Å². The van der Waals surface area contributed by atoms with Crippen LogP contribution in [0.2, 0.25) is 0 Å². The van der Waals surface area contributed by atoms with Gasteiger partial charge in [0.25, 0.3) is 0 Å². The van der Waals surface area contributed by atoms with Crippen molar-refractivity contribution in [3.63, 3.8) is 0 Å². The fourth-order valence-electron chi connectivity index (χ4n) is 0.709. The number of aromatic carboxylic acids is 1. The number of carboxylic acid groups (broad SMARTS) is 1. The van der Waals surface area contributed by atoms with E-state index in [2.05, 4.69) is 25.9 Å². The van der Waals surface area contributed by atoms with E-state index in [1.807, 2.05) is 6.92 Å². The van der Waals surface area contributed by atoms with Gasteiger partial charge in [-0.05, 0) is 15.9 Å². The minimum Gasteiger partial charge on any atom is -0.478 e. The topological polar surface area (TPSA) is 63.1 Å². The highest BCUT2D eigenvalue weighted by Gasteiger charge is 2.09. The predicted molar refractivity (Wildman–Crippen MR) is 46.1 cm³/mol. The molecule has 0 aliphatic rings. The van der Waals surface area contributed by atoms with Crippen LogP contribution in [0, 0.1) is 0 Å². The third-order valence-electron chi connectivity index (χ3n) is 1.34. The molecule has 0 aliphatic heterocycles. The molecule has 4 nitrogen and oxygen atoms in total. The Kier molecular flexibility index (Phi) is 2.75. The number of carbonyl (C=O) groups is 1. The smallest absolute Gasteiger partial charge is 0.340 e. The second-order valence-electron chi connectivity index (χ2n) is 2.15. The molecule has 64 valence electrons. The van der Waals surface area contributed by atoms with E-state index in [-0.39, 0.29) is 5.56 Å². The summed E-state index contributed by atoms with van der Waals surface area (Å²) < 4.78 is 0.335. The summed E-state index contributed by atoms with van der Waals surface area (Å²) in [6, 6.07) is 0. The molecule has 0 radical (unpaired) electrons. The van der Waals surface area contributed by atoms with Gasteiger partial charge in [0.2, 0.25) is 0 Å². The summed E-state index contributed by atoms with van der Waals surface area (Å²) in [5.74, 6) is -0.392.